The van der Waals surface area contributed by atoms with Crippen LogP contribution in [-0.2, 0) is 13.6 Å². The quantitative estimate of drug-likeness (QED) is 0.626. The minimum absolute atomic E-state index is 0.158. The number of hydrogen-bond acceptors (Lipinski definition) is 4. The number of imidazole rings is 1. The van der Waals surface area contributed by atoms with E-state index in [1.165, 1.54) is 6.42 Å². The first-order chi connectivity index (χ1) is 15.0. The smallest absolute Gasteiger partial charge is 0.254 e. The fourth-order valence-electron chi connectivity index (χ4n) is 4.41. The van der Waals surface area contributed by atoms with E-state index in [9.17, 15) is 4.79 Å². The van der Waals surface area contributed by atoms with Crippen LogP contribution in [0.25, 0.3) is 11.0 Å². The van der Waals surface area contributed by atoms with Gasteiger partial charge in [-0.1, -0.05) is 12.1 Å². The zero-order valence-electron chi connectivity index (χ0n) is 18.8. The molecule has 0 saturated carbocycles. The number of piperidine rings is 1. The molecule has 1 amide bonds. The lowest BCUT2D eigenvalue weighted by Gasteiger charge is -2.36. The Hall–Kier alpha value is -2.86. The number of nitrogens with one attached hydrogen (secondary N) is 1. The molecule has 2 aromatic carbocycles. The first-order valence-corrected chi connectivity index (χ1v) is 11.2. The van der Waals surface area contributed by atoms with Crippen molar-refractivity contribution in [1.82, 2.24) is 19.4 Å². The van der Waals surface area contributed by atoms with E-state index in [0.29, 0.717) is 12.6 Å². The number of anilines is 1. The van der Waals surface area contributed by atoms with Crippen molar-refractivity contribution in [2.45, 2.75) is 38.3 Å². The average Bonchev–Trinajstić information content (AvgIpc) is 3.12. The summed E-state index contributed by atoms with van der Waals surface area (Å²) in [6.45, 7) is 2.51. The van der Waals surface area contributed by atoms with Crippen LogP contribution in [0.4, 0.5) is 5.69 Å². The normalized spacial score (nSPS) is 16.8. The molecule has 2 heterocycles. The highest BCUT2D eigenvalue weighted by atomic mass is 16.2. The minimum atomic E-state index is 0.158. The number of carbonyl (C=O) groups excluding carboxylic acids is 1. The van der Waals surface area contributed by atoms with Gasteiger partial charge in [0.15, 0.2) is 0 Å². The van der Waals surface area contributed by atoms with Gasteiger partial charge in [0.25, 0.3) is 5.91 Å². The Kier molecular flexibility index (Phi) is 6.56. The number of hydrogen-bond donors (Lipinski definition) is 1. The minimum Gasteiger partial charge on any atom is -0.378 e. The van der Waals surface area contributed by atoms with Crippen molar-refractivity contribution in [3.8, 4) is 0 Å². The number of amides is 1. The lowest BCUT2D eigenvalue weighted by atomic mass is 9.98. The monoisotopic (exact) mass is 419 g/mol. The van der Waals surface area contributed by atoms with Crippen LogP contribution in [0, 0.1) is 0 Å². The van der Waals surface area contributed by atoms with Crippen molar-refractivity contribution in [2.24, 2.45) is 7.05 Å². The number of nitrogens with zero attached hydrogens (tertiary/aromatic N) is 4. The third-order valence-electron chi connectivity index (χ3n) is 6.26. The van der Waals surface area contributed by atoms with Crippen molar-refractivity contribution < 1.29 is 4.79 Å². The molecular formula is C25H33N5O. The zero-order chi connectivity index (χ0) is 21.8. The van der Waals surface area contributed by atoms with Gasteiger partial charge < -0.3 is 19.7 Å². The van der Waals surface area contributed by atoms with Gasteiger partial charge in [0.05, 0.1) is 17.6 Å². The van der Waals surface area contributed by atoms with Crippen molar-refractivity contribution in [3.05, 3.63) is 59.9 Å². The highest BCUT2D eigenvalue weighted by Gasteiger charge is 2.27. The van der Waals surface area contributed by atoms with Gasteiger partial charge in [-0.25, -0.2) is 4.98 Å². The number of aryl methyl sites for hydroxylation is 1. The first-order valence-electron chi connectivity index (χ1n) is 11.2. The zero-order valence-corrected chi connectivity index (χ0v) is 18.8. The summed E-state index contributed by atoms with van der Waals surface area (Å²) < 4.78 is 2.12. The molecule has 6 heteroatoms. The number of rotatable bonds is 7. The predicted molar refractivity (Wildman–Crippen MR) is 126 cm³/mol. The summed E-state index contributed by atoms with van der Waals surface area (Å²) in [7, 11) is 6.22. The lowest BCUT2D eigenvalue weighted by molar-refractivity contribution is 0.0591. The molecule has 4 rings (SSSR count). The standard InChI is InChI=1S/C25H33N5O/c1-28(2)17-15-21-8-6-7-16-30(21)25(31)19-11-13-20(14-12-19)26-18-24-27-22-9-4-5-10-23(22)29(24)3/h4-5,9-14,21,26H,6-8,15-18H2,1-3H3. The van der Waals surface area contributed by atoms with Crippen LogP contribution in [0.2, 0.25) is 0 Å². The summed E-state index contributed by atoms with van der Waals surface area (Å²) in [4.78, 5) is 22.2. The summed E-state index contributed by atoms with van der Waals surface area (Å²) >= 11 is 0. The fourth-order valence-corrected chi connectivity index (χ4v) is 4.41. The van der Waals surface area contributed by atoms with Crippen LogP contribution in [0.5, 0.6) is 0 Å². The van der Waals surface area contributed by atoms with Gasteiger partial charge in [-0.05, 0) is 82.7 Å². The van der Waals surface area contributed by atoms with Gasteiger partial charge in [0.2, 0.25) is 0 Å². The van der Waals surface area contributed by atoms with E-state index >= 15 is 0 Å². The van der Waals surface area contributed by atoms with E-state index in [2.05, 4.69) is 39.8 Å². The number of benzene rings is 2. The largest absolute Gasteiger partial charge is 0.378 e. The van der Waals surface area contributed by atoms with Crippen molar-refractivity contribution >= 4 is 22.6 Å². The van der Waals surface area contributed by atoms with Crippen LogP contribution < -0.4 is 5.32 Å². The van der Waals surface area contributed by atoms with Crippen molar-refractivity contribution in [2.75, 3.05) is 32.5 Å². The molecule has 0 bridgehead atoms. The topological polar surface area (TPSA) is 53.4 Å². The summed E-state index contributed by atoms with van der Waals surface area (Å²) in [5.41, 5.74) is 3.90. The van der Waals surface area contributed by atoms with E-state index in [4.69, 9.17) is 4.98 Å². The highest BCUT2D eigenvalue weighted by molar-refractivity contribution is 5.94. The van der Waals surface area contributed by atoms with E-state index in [-0.39, 0.29) is 5.91 Å². The molecule has 1 aliphatic heterocycles. The maximum atomic E-state index is 13.2. The van der Waals surface area contributed by atoms with Crippen LogP contribution in [0.1, 0.15) is 41.9 Å². The van der Waals surface area contributed by atoms with Crippen LogP contribution >= 0.6 is 0 Å². The average molecular weight is 420 g/mol. The second kappa shape index (κ2) is 9.52. The number of aromatic nitrogens is 2. The third-order valence-corrected chi connectivity index (χ3v) is 6.26. The van der Waals surface area contributed by atoms with E-state index in [0.717, 1.165) is 60.5 Å². The number of carbonyl (C=O) groups is 1. The molecule has 0 radical (unpaired) electrons. The SMILES string of the molecule is CN(C)CCC1CCCCN1C(=O)c1ccc(NCc2nc3ccccc3n2C)cc1. The second-order valence-corrected chi connectivity index (χ2v) is 8.75. The summed E-state index contributed by atoms with van der Waals surface area (Å²) in [6, 6.07) is 16.4. The maximum absolute atomic E-state index is 13.2. The van der Waals surface area contributed by atoms with Crippen LogP contribution in [-0.4, -0.2) is 58.5 Å². The van der Waals surface area contributed by atoms with Gasteiger partial charge >= 0.3 is 0 Å². The Morgan fingerprint density at radius 1 is 1.13 bits per heavy atom. The predicted octanol–water partition coefficient (Wildman–Crippen LogP) is 4.13. The Morgan fingerprint density at radius 3 is 2.65 bits per heavy atom. The molecule has 1 N–H and O–H groups in total. The molecule has 6 nitrogen and oxygen atoms in total. The molecular weight excluding hydrogens is 386 g/mol. The molecule has 1 atom stereocenters. The first kappa shape index (κ1) is 21.4. The van der Waals surface area contributed by atoms with E-state index < -0.39 is 0 Å². The van der Waals surface area contributed by atoms with Crippen molar-refractivity contribution in [1.29, 1.82) is 0 Å². The lowest BCUT2D eigenvalue weighted by Crippen LogP contribution is -2.44. The van der Waals surface area contributed by atoms with Crippen LogP contribution in [0.15, 0.2) is 48.5 Å². The van der Waals surface area contributed by atoms with E-state index in [1.54, 1.807) is 0 Å². The highest BCUT2D eigenvalue weighted by Crippen LogP contribution is 2.23. The second-order valence-electron chi connectivity index (χ2n) is 8.75. The molecule has 1 fully saturated rings. The van der Waals surface area contributed by atoms with Crippen molar-refractivity contribution in [3.63, 3.8) is 0 Å². The van der Waals surface area contributed by atoms with Gasteiger partial charge in [-0.15, -0.1) is 0 Å². The van der Waals surface area contributed by atoms with Gasteiger partial charge in [0.1, 0.15) is 5.82 Å². The molecule has 1 aliphatic rings. The molecule has 1 unspecified atom stereocenters. The maximum Gasteiger partial charge on any atom is 0.254 e. The van der Waals surface area contributed by atoms with Gasteiger partial charge in [-0.3, -0.25) is 4.79 Å². The molecule has 3 aromatic rings. The van der Waals surface area contributed by atoms with E-state index in [1.807, 2.05) is 49.5 Å². The molecule has 1 aromatic heterocycles. The Bertz CT molecular complexity index is 1020. The molecule has 1 saturated heterocycles. The summed E-state index contributed by atoms with van der Waals surface area (Å²) in [5, 5.41) is 3.44. The number of fused-ring (bicyclic) bond motifs is 1. The Morgan fingerprint density at radius 2 is 1.90 bits per heavy atom. The molecule has 164 valence electrons. The van der Waals surface area contributed by atoms with Gasteiger partial charge in [0, 0.05) is 30.9 Å². The Labute approximate surface area is 184 Å². The fraction of sp³-hybridized carbons (Fsp3) is 0.440. The molecule has 0 aliphatic carbocycles. The number of likely N-dealkylation sites (tertiary alicyclic amines) is 1. The number of para-hydroxylation sites is 2. The van der Waals surface area contributed by atoms with Gasteiger partial charge in [-0.2, -0.15) is 0 Å². The molecule has 0 spiro atoms. The van der Waals surface area contributed by atoms with Crippen LogP contribution in [0.3, 0.4) is 0 Å². The third kappa shape index (κ3) is 4.90. The molecule has 31 heavy (non-hydrogen) atoms. The summed E-state index contributed by atoms with van der Waals surface area (Å²) in [6.07, 6.45) is 4.46. The summed E-state index contributed by atoms with van der Waals surface area (Å²) in [5.74, 6) is 1.14. The Balaban J connectivity index is 1.40.